The number of Topliss-reactive ketones (excluding diaryl/α,β-unsaturated/α-hetero) is 1. The number of ketones is 1. The van der Waals surface area contributed by atoms with Crippen molar-refractivity contribution in [2.24, 2.45) is 0 Å². The lowest BCUT2D eigenvalue weighted by Gasteiger charge is -2.07. The molecule has 0 radical (unpaired) electrons. The minimum Gasteiger partial charge on any atom is -0.497 e. The van der Waals surface area contributed by atoms with Gasteiger partial charge >= 0.3 is 0 Å². The maximum absolute atomic E-state index is 12.3. The summed E-state index contributed by atoms with van der Waals surface area (Å²) in [6.07, 6.45) is 0. The molecule has 1 heterocycles. The zero-order chi connectivity index (χ0) is 19.2. The Morgan fingerprint density at radius 3 is 2.33 bits per heavy atom. The van der Waals surface area contributed by atoms with E-state index in [0.717, 1.165) is 0 Å². The molecule has 3 rings (SSSR count). The lowest BCUT2D eigenvalue weighted by molar-refractivity contribution is 0.102. The molecule has 7 nitrogen and oxygen atoms in total. The molecular formula is C19H18N2O5S. The molecule has 0 aliphatic rings. The number of methoxy groups -OCH3 is 3. The van der Waals surface area contributed by atoms with E-state index < -0.39 is 0 Å². The molecule has 8 heteroatoms. The Bertz CT molecular complexity index is 924. The molecule has 0 aliphatic heterocycles. The lowest BCUT2D eigenvalue weighted by Crippen LogP contribution is -2.02. The number of hydrogen-bond donors (Lipinski definition) is 0. The van der Waals surface area contributed by atoms with Crippen LogP contribution in [0.1, 0.15) is 10.4 Å². The average Bonchev–Trinajstić information content (AvgIpc) is 3.20. The molecule has 140 valence electrons. The number of carbonyl (C=O) groups is 1. The number of carbonyl (C=O) groups excluding carboxylic acids is 1. The summed E-state index contributed by atoms with van der Waals surface area (Å²) in [7, 11) is 4.71. The highest BCUT2D eigenvalue weighted by Gasteiger charge is 2.16. The second kappa shape index (κ2) is 8.59. The molecule has 2 aromatic carbocycles. The van der Waals surface area contributed by atoms with E-state index in [1.807, 2.05) is 0 Å². The van der Waals surface area contributed by atoms with E-state index >= 15 is 0 Å². The molecule has 27 heavy (non-hydrogen) atoms. The number of hydrogen-bond acceptors (Lipinski definition) is 8. The molecular weight excluding hydrogens is 368 g/mol. The van der Waals surface area contributed by atoms with Crippen LogP contribution < -0.4 is 14.2 Å². The van der Waals surface area contributed by atoms with Crippen LogP contribution in [0.2, 0.25) is 0 Å². The topological polar surface area (TPSA) is 83.7 Å². The van der Waals surface area contributed by atoms with Gasteiger partial charge in [-0.2, -0.15) is 0 Å². The highest BCUT2D eigenvalue weighted by Crippen LogP contribution is 2.33. The average molecular weight is 386 g/mol. The predicted octanol–water partition coefficient (Wildman–Crippen LogP) is 3.74. The van der Waals surface area contributed by atoms with E-state index in [1.165, 1.54) is 11.8 Å². The fourth-order valence-corrected chi connectivity index (χ4v) is 3.00. The van der Waals surface area contributed by atoms with Crippen molar-refractivity contribution in [1.29, 1.82) is 0 Å². The lowest BCUT2D eigenvalue weighted by atomic mass is 10.1. The molecule has 0 amide bonds. The second-order valence-electron chi connectivity index (χ2n) is 5.38. The first kappa shape index (κ1) is 18.8. The molecule has 0 spiro atoms. The molecule has 0 fully saturated rings. The quantitative estimate of drug-likeness (QED) is 0.428. The predicted molar refractivity (Wildman–Crippen MR) is 101 cm³/mol. The summed E-state index contributed by atoms with van der Waals surface area (Å²) in [5, 5.41) is 8.34. The van der Waals surface area contributed by atoms with Gasteiger partial charge in [-0.05, 0) is 36.4 Å². The number of benzene rings is 2. The van der Waals surface area contributed by atoms with Crippen molar-refractivity contribution in [3.8, 4) is 28.7 Å². The summed E-state index contributed by atoms with van der Waals surface area (Å²) >= 11 is 1.18. The van der Waals surface area contributed by atoms with Crippen molar-refractivity contribution in [2.75, 3.05) is 27.1 Å². The third-order valence-electron chi connectivity index (χ3n) is 3.78. The summed E-state index contributed by atoms with van der Waals surface area (Å²) in [4.78, 5) is 12.3. The summed E-state index contributed by atoms with van der Waals surface area (Å²) in [6, 6.07) is 12.2. The minimum absolute atomic E-state index is 0.0376. The van der Waals surface area contributed by atoms with Crippen LogP contribution in [0.15, 0.2) is 52.1 Å². The molecule has 3 aromatic rings. The molecule has 1 aromatic heterocycles. The maximum Gasteiger partial charge on any atom is 0.277 e. The normalized spacial score (nSPS) is 10.5. The van der Waals surface area contributed by atoms with Gasteiger partial charge in [-0.15, -0.1) is 10.2 Å². The smallest absolute Gasteiger partial charge is 0.277 e. The van der Waals surface area contributed by atoms with Gasteiger partial charge in [0, 0.05) is 11.6 Å². The standard InChI is InChI=1S/C19H18N2O5S/c1-23-13-6-4-12(5-7-13)16(22)11-27-19-21-20-18(26-19)15-9-8-14(24-2)10-17(15)25-3/h4-10H,11H2,1-3H3. The van der Waals surface area contributed by atoms with Gasteiger partial charge in [0.25, 0.3) is 11.1 Å². The van der Waals surface area contributed by atoms with Crippen molar-refractivity contribution >= 4 is 17.5 Å². The van der Waals surface area contributed by atoms with Crippen LogP contribution in [0.5, 0.6) is 17.2 Å². The fourth-order valence-electron chi connectivity index (χ4n) is 2.34. The number of rotatable bonds is 8. The van der Waals surface area contributed by atoms with E-state index in [1.54, 1.807) is 63.8 Å². The SMILES string of the molecule is COc1ccc(C(=O)CSc2nnc(-c3ccc(OC)cc3OC)o2)cc1. The Hall–Kier alpha value is -3.00. The summed E-state index contributed by atoms with van der Waals surface area (Å²) in [5.74, 6) is 2.39. The van der Waals surface area contributed by atoms with Gasteiger partial charge in [-0.1, -0.05) is 11.8 Å². The van der Waals surface area contributed by atoms with E-state index in [2.05, 4.69) is 10.2 Å². The highest BCUT2D eigenvalue weighted by molar-refractivity contribution is 7.99. The first-order valence-electron chi connectivity index (χ1n) is 8.00. The third kappa shape index (κ3) is 4.40. The molecule has 0 aliphatic carbocycles. The first-order chi connectivity index (χ1) is 13.1. The van der Waals surface area contributed by atoms with E-state index in [-0.39, 0.29) is 11.5 Å². The van der Waals surface area contributed by atoms with Gasteiger partial charge in [0.15, 0.2) is 5.78 Å². The van der Waals surface area contributed by atoms with Gasteiger partial charge in [0.05, 0.1) is 32.6 Å². The van der Waals surface area contributed by atoms with Gasteiger partial charge in [0.2, 0.25) is 0 Å². The van der Waals surface area contributed by atoms with Crippen LogP contribution in [0.4, 0.5) is 0 Å². The number of thioether (sulfide) groups is 1. The monoisotopic (exact) mass is 386 g/mol. The zero-order valence-corrected chi connectivity index (χ0v) is 15.9. The molecule has 0 N–H and O–H groups in total. The van der Waals surface area contributed by atoms with Crippen LogP contribution in [0.25, 0.3) is 11.5 Å². The molecule has 0 saturated heterocycles. The van der Waals surface area contributed by atoms with Crippen molar-refractivity contribution in [1.82, 2.24) is 10.2 Å². The Morgan fingerprint density at radius 2 is 1.67 bits per heavy atom. The number of aromatic nitrogens is 2. The van der Waals surface area contributed by atoms with Crippen molar-refractivity contribution < 1.29 is 23.4 Å². The van der Waals surface area contributed by atoms with Crippen LogP contribution in [0.3, 0.4) is 0 Å². The minimum atomic E-state index is -0.0376. The van der Waals surface area contributed by atoms with Crippen molar-refractivity contribution in [3.05, 3.63) is 48.0 Å². The summed E-state index contributed by atoms with van der Waals surface area (Å²) in [5.41, 5.74) is 1.25. The van der Waals surface area contributed by atoms with Crippen molar-refractivity contribution in [2.45, 2.75) is 5.22 Å². The third-order valence-corrected chi connectivity index (χ3v) is 4.60. The molecule has 0 saturated carbocycles. The number of nitrogens with zero attached hydrogens (tertiary/aromatic N) is 2. The highest BCUT2D eigenvalue weighted by atomic mass is 32.2. The Kier molecular flexibility index (Phi) is 5.97. The first-order valence-corrected chi connectivity index (χ1v) is 8.99. The largest absolute Gasteiger partial charge is 0.497 e. The van der Waals surface area contributed by atoms with Crippen molar-refractivity contribution in [3.63, 3.8) is 0 Å². The van der Waals surface area contributed by atoms with Crippen LogP contribution >= 0.6 is 11.8 Å². The van der Waals surface area contributed by atoms with Gasteiger partial charge in [0.1, 0.15) is 17.2 Å². The maximum atomic E-state index is 12.3. The van der Waals surface area contributed by atoms with Gasteiger partial charge < -0.3 is 18.6 Å². The van der Waals surface area contributed by atoms with E-state index in [0.29, 0.717) is 39.5 Å². The summed E-state index contributed by atoms with van der Waals surface area (Å²) < 4.78 is 21.3. The van der Waals surface area contributed by atoms with Crippen LogP contribution in [-0.4, -0.2) is 43.1 Å². The number of ether oxygens (including phenoxy) is 3. The van der Waals surface area contributed by atoms with Crippen LogP contribution in [0, 0.1) is 0 Å². The van der Waals surface area contributed by atoms with E-state index in [9.17, 15) is 4.79 Å². The Labute approximate surface area is 160 Å². The molecule has 0 bridgehead atoms. The van der Waals surface area contributed by atoms with E-state index in [4.69, 9.17) is 18.6 Å². The second-order valence-corrected chi connectivity index (χ2v) is 6.31. The molecule has 0 atom stereocenters. The molecule has 0 unspecified atom stereocenters. The zero-order valence-electron chi connectivity index (χ0n) is 15.1. The van der Waals surface area contributed by atoms with Gasteiger partial charge in [-0.25, -0.2) is 0 Å². The van der Waals surface area contributed by atoms with Gasteiger partial charge in [-0.3, -0.25) is 4.79 Å². The Morgan fingerprint density at radius 1 is 0.963 bits per heavy atom. The Balaban J connectivity index is 1.68. The van der Waals surface area contributed by atoms with Crippen LogP contribution in [-0.2, 0) is 0 Å². The fraction of sp³-hybridized carbons (Fsp3) is 0.211. The summed E-state index contributed by atoms with van der Waals surface area (Å²) in [6.45, 7) is 0.